The Labute approximate surface area is 117 Å². The fourth-order valence-corrected chi connectivity index (χ4v) is 2.39. The highest BCUT2D eigenvalue weighted by molar-refractivity contribution is 7.09. The Hall–Kier alpha value is -1.36. The van der Waals surface area contributed by atoms with Crippen molar-refractivity contribution in [1.82, 2.24) is 0 Å². The molecule has 0 fully saturated rings. The van der Waals surface area contributed by atoms with Crippen molar-refractivity contribution >= 4 is 11.3 Å². The van der Waals surface area contributed by atoms with E-state index >= 15 is 0 Å². The number of nitrogens with two attached hydrogens (primary N) is 1. The van der Waals surface area contributed by atoms with E-state index in [0.717, 1.165) is 25.3 Å². The number of hydrogen-bond donors (Lipinski definition) is 2. The molecule has 0 radical (unpaired) electrons. The number of aliphatic hydroxyl groups excluding tert-OH is 1. The lowest BCUT2D eigenvalue weighted by atomic mass is 10.2. The van der Waals surface area contributed by atoms with Crippen LogP contribution in [0.2, 0.25) is 0 Å². The van der Waals surface area contributed by atoms with Gasteiger partial charge in [-0.25, -0.2) is 0 Å². The van der Waals surface area contributed by atoms with Crippen molar-refractivity contribution in [1.29, 1.82) is 0 Å². The van der Waals surface area contributed by atoms with Crippen molar-refractivity contribution in [3.63, 3.8) is 0 Å². The minimum absolute atomic E-state index is 0.270. The second-order valence-corrected chi connectivity index (χ2v) is 5.40. The summed E-state index contributed by atoms with van der Waals surface area (Å²) in [5.74, 6) is 0.910. The van der Waals surface area contributed by atoms with E-state index in [1.807, 2.05) is 18.2 Å². The molecule has 4 heteroatoms. The molecule has 1 aromatic heterocycles. The number of rotatable bonds is 8. The predicted octanol–water partition coefficient (Wildman–Crippen LogP) is 1.77. The van der Waals surface area contributed by atoms with E-state index in [0.29, 0.717) is 6.61 Å². The third-order valence-electron chi connectivity index (χ3n) is 2.83. The zero-order chi connectivity index (χ0) is 13.3. The van der Waals surface area contributed by atoms with Crippen LogP contribution in [0.25, 0.3) is 0 Å². The van der Waals surface area contributed by atoms with Crippen LogP contribution in [0.1, 0.15) is 16.9 Å². The largest absolute Gasteiger partial charge is 0.488 e. The van der Waals surface area contributed by atoms with Gasteiger partial charge in [0.25, 0.3) is 0 Å². The molecule has 19 heavy (non-hydrogen) atoms. The molecule has 0 aliphatic carbocycles. The van der Waals surface area contributed by atoms with Gasteiger partial charge in [-0.1, -0.05) is 6.07 Å². The molecular formula is C15H20NO2S+. The van der Waals surface area contributed by atoms with Crippen molar-refractivity contribution in [3.8, 4) is 5.75 Å². The van der Waals surface area contributed by atoms with Crippen LogP contribution >= 0.6 is 11.3 Å². The lowest BCUT2D eigenvalue weighted by Crippen LogP contribution is -2.82. The van der Waals surface area contributed by atoms with Gasteiger partial charge in [0, 0.05) is 23.5 Å². The van der Waals surface area contributed by atoms with Gasteiger partial charge >= 0.3 is 0 Å². The summed E-state index contributed by atoms with van der Waals surface area (Å²) in [5.41, 5.74) is 1.28. The van der Waals surface area contributed by atoms with Gasteiger partial charge in [-0.15, -0.1) is 11.3 Å². The van der Waals surface area contributed by atoms with E-state index in [9.17, 15) is 0 Å². The van der Waals surface area contributed by atoms with Crippen LogP contribution in [0.4, 0.5) is 0 Å². The number of benzene rings is 1. The highest BCUT2D eigenvalue weighted by Crippen LogP contribution is 2.16. The number of hydrogen-bond acceptors (Lipinski definition) is 3. The first-order valence-electron chi connectivity index (χ1n) is 6.55. The predicted molar refractivity (Wildman–Crippen MR) is 77.3 cm³/mol. The summed E-state index contributed by atoms with van der Waals surface area (Å²) in [6, 6.07) is 12.3. The standard InChI is InChI=1S/C15H19NO2S/c17-9-2-8-16-11-13-4-6-14(7-5-13)18-12-15-3-1-10-19-15/h1,3-7,10,16-17H,2,8-9,11-12H2/p+1. The van der Waals surface area contributed by atoms with Crippen molar-refractivity contribution in [3.05, 3.63) is 52.2 Å². The topological polar surface area (TPSA) is 46.1 Å². The van der Waals surface area contributed by atoms with Gasteiger partial charge in [0.15, 0.2) is 0 Å². The maximum atomic E-state index is 8.70. The number of ether oxygens (including phenoxy) is 1. The Balaban J connectivity index is 1.74. The first-order valence-corrected chi connectivity index (χ1v) is 7.43. The summed E-state index contributed by atoms with van der Waals surface area (Å²) >= 11 is 1.71. The van der Waals surface area contributed by atoms with Crippen LogP contribution in [-0.2, 0) is 13.2 Å². The van der Waals surface area contributed by atoms with Crippen molar-refractivity contribution < 1.29 is 15.2 Å². The highest BCUT2D eigenvalue weighted by Gasteiger charge is 1.99. The summed E-state index contributed by atoms with van der Waals surface area (Å²) in [7, 11) is 0. The maximum absolute atomic E-state index is 8.70. The molecule has 0 saturated heterocycles. The molecule has 3 nitrogen and oxygen atoms in total. The Morgan fingerprint density at radius 3 is 2.68 bits per heavy atom. The monoisotopic (exact) mass is 278 g/mol. The van der Waals surface area contributed by atoms with E-state index in [-0.39, 0.29) is 6.61 Å². The third-order valence-corrected chi connectivity index (χ3v) is 3.68. The van der Waals surface area contributed by atoms with Crippen molar-refractivity contribution in [2.75, 3.05) is 13.2 Å². The Morgan fingerprint density at radius 2 is 2.00 bits per heavy atom. The quantitative estimate of drug-likeness (QED) is 0.723. The molecule has 0 saturated carbocycles. The van der Waals surface area contributed by atoms with Gasteiger partial charge in [0.05, 0.1) is 6.54 Å². The fraction of sp³-hybridized carbons (Fsp3) is 0.333. The van der Waals surface area contributed by atoms with Crippen LogP contribution in [0.15, 0.2) is 41.8 Å². The highest BCUT2D eigenvalue weighted by atomic mass is 32.1. The average Bonchev–Trinajstić information content (AvgIpc) is 2.96. The second kappa shape index (κ2) is 7.94. The summed E-state index contributed by atoms with van der Waals surface area (Å²) in [5, 5.41) is 13.0. The minimum atomic E-state index is 0.270. The van der Waals surface area contributed by atoms with Crippen molar-refractivity contribution in [2.45, 2.75) is 19.6 Å². The molecule has 2 rings (SSSR count). The summed E-state index contributed by atoms with van der Waals surface area (Å²) < 4.78 is 5.72. The van der Waals surface area contributed by atoms with E-state index in [1.165, 1.54) is 10.4 Å². The molecule has 102 valence electrons. The number of quaternary nitrogens is 1. The van der Waals surface area contributed by atoms with Gasteiger partial charge in [-0.3, -0.25) is 0 Å². The molecule has 0 bridgehead atoms. The fourth-order valence-electron chi connectivity index (χ4n) is 1.78. The Kier molecular flexibility index (Phi) is 5.88. The average molecular weight is 278 g/mol. The lowest BCUT2D eigenvalue weighted by molar-refractivity contribution is -0.671. The molecule has 1 aromatic carbocycles. The molecule has 0 spiro atoms. The number of thiophene rings is 1. The van der Waals surface area contributed by atoms with Crippen LogP contribution in [-0.4, -0.2) is 18.3 Å². The van der Waals surface area contributed by atoms with Crippen molar-refractivity contribution in [2.24, 2.45) is 0 Å². The van der Waals surface area contributed by atoms with Gasteiger partial charge < -0.3 is 15.2 Å². The second-order valence-electron chi connectivity index (χ2n) is 4.37. The first-order chi connectivity index (χ1) is 9.38. The van der Waals surface area contributed by atoms with Gasteiger partial charge in [0.2, 0.25) is 0 Å². The van der Waals surface area contributed by atoms with Crippen LogP contribution in [0.5, 0.6) is 5.75 Å². The smallest absolute Gasteiger partial charge is 0.122 e. The summed E-state index contributed by atoms with van der Waals surface area (Å²) in [6.07, 6.45) is 0.849. The maximum Gasteiger partial charge on any atom is 0.122 e. The molecule has 0 aliphatic rings. The van der Waals surface area contributed by atoms with Crippen LogP contribution < -0.4 is 10.1 Å². The Morgan fingerprint density at radius 1 is 1.16 bits per heavy atom. The SMILES string of the molecule is OCCC[NH2+]Cc1ccc(OCc2cccs2)cc1. The van der Waals surface area contributed by atoms with Gasteiger partial charge in [0.1, 0.15) is 18.9 Å². The van der Waals surface area contributed by atoms with Gasteiger partial charge in [-0.05, 0) is 35.7 Å². The molecule has 0 amide bonds. The zero-order valence-electron chi connectivity index (χ0n) is 10.9. The molecule has 3 N–H and O–H groups in total. The molecule has 0 atom stereocenters. The number of aliphatic hydroxyl groups is 1. The molecule has 0 unspecified atom stereocenters. The minimum Gasteiger partial charge on any atom is -0.488 e. The molecular weight excluding hydrogens is 258 g/mol. The lowest BCUT2D eigenvalue weighted by Gasteiger charge is -2.06. The first kappa shape index (κ1) is 14.1. The normalized spacial score (nSPS) is 10.6. The molecule has 0 aliphatic heterocycles. The van der Waals surface area contributed by atoms with E-state index in [1.54, 1.807) is 11.3 Å². The van der Waals surface area contributed by atoms with E-state index in [2.05, 4.69) is 28.9 Å². The van der Waals surface area contributed by atoms with Crippen LogP contribution in [0.3, 0.4) is 0 Å². The van der Waals surface area contributed by atoms with E-state index < -0.39 is 0 Å². The summed E-state index contributed by atoms with van der Waals surface area (Å²) in [4.78, 5) is 1.24. The van der Waals surface area contributed by atoms with Crippen LogP contribution in [0, 0.1) is 0 Å². The molecule has 1 heterocycles. The van der Waals surface area contributed by atoms with E-state index in [4.69, 9.17) is 9.84 Å². The molecule has 2 aromatic rings. The van der Waals surface area contributed by atoms with Gasteiger partial charge in [-0.2, -0.15) is 0 Å². The Bertz CT molecular complexity index is 454. The zero-order valence-corrected chi connectivity index (χ0v) is 11.7. The summed E-state index contributed by atoms with van der Waals surface area (Å²) in [6.45, 7) is 2.82. The third kappa shape index (κ3) is 5.03.